The first-order chi connectivity index (χ1) is 10.8. The first kappa shape index (κ1) is 16.5. The highest BCUT2D eigenvalue weighted by Crippen LogP contribution is 2.29. The van der Waals surface area contributed by atoms with Crippen molar-refractivity contribution in [3.8, 4) is 17.0 Å². The molecule has 1 aromatic heterocycles. The third-order valence-corrected chi connectivity index (χ3v) is 3.56. The van der Waals surface area contributed by atoms with Crippen molar-refractivity contribution in [3.63, 3.8) is 0 Å². The molecule has 0 saturated heterocycles. The molecule has 0 atom stereocenters. The van der Waals surface area contributed by atoms with Crippen molar-refractivity contribution in [2.45, 2.75) is 40.2 Å². The topological polar surface area (TPSA) is 34.1 Å². The number of nitrogens with one attached hydrogen (secondary N) is 1. The molecule has 0 radical (unpaired) electrons. The van der Waals surface area contributed by atoms with Gasteiger partial charge in [-0.15, -0.1) is 0 Å². The van der Waals surface area contributed by atoms with Crippen LogP contribution in [0.1, 0.15) is 37.9 Å². The number of aryl methyl sites for hydroxylation is 1. The van der Waals surface area contributed by atoms with E-state index >= 15 is 0 Å². The first-order valence-corrected chi connectivity index (χ1v) is 8.15. The third-order valence-electron chi connectivity index (χ3n) is 3.56. The molecule has 1 N–H and O–H groups in total. The van der Waals surface area contributed by atoms with Crippen LogP contribution in [0.4, 0.5) is 0 Å². The van der Waals surface area contributed by atoms with Gasteiger partial charge in [0, 0.05) is 17.8 Å². The summed E-state index contributed by atoms with van der Waals surface area (Å²) in [6.07, 6.45) is 2.15. The molecule has 0 bridgehead atoms. The van der Waals surface area contributed by atoms with Crippen LogP contribution in [0.25, 0.3) is 11.3 Å². The zero-order valence-corrected chi connectivity index (χ0v) is 13.9. The van der Waals surface area contributed by atoms with E-state index in [1.165, 1.54) is 5.56 Å². The molecule has 1 heterocycles. The smallest absolute Gasteiger partial charge is 0.128 e. The minimum atomic E-state index is 0.731. The van der Waals surface area contributed by atoms with Crippen molar-refractivity contribution in [1.29, 1.82) is 0 Å². The molecular formula is C19H26N2O. The molecule has 3 nitrogen and oxygen atoms in total. The SMILES string of the molecule is CCCNCc1ccc(-c2ccccc2OCCC)nc1C. The van der Waals surface area contributed by atoms with E-state index < -0.39 is 0 Å². The molecule has 0 fully saturated rings. The van der Waals surface area contributed by atoms with Gasteiger partial charge < -0.3 is 10.1 Å². The molecule has 2 aromatic rings. The summed E-state index contributed by atoms with van der Waals surface area (Å²) in [5.74, 6) is 0.910. The normalized spacial score (nSPS) is 10.7. The van der Waals surface area contributed by atoms with Gasteiger partial charge in [-0.3, -0.25) is 4.98 Å². The second kappa shape index (κ2) is 8.54. The monoisotopic (exact) mass is 298 g/mol. The van der Waals surface area contributed by atoms with Crippen LogP contribution in [0, 0.1) is 6.92 Å². The van der Waals surface area contributed by atoms with Crippen LogP contribution in [-0.2, 0) is 6.54 Å². The van der Waals surface area contributed by atoms with Crippen LogP contribution >= 0.6 is 0 Å². The van der Waals surface area contributed by atoms with E-state index in [1.807, 2.05) is 18.2 Å². The lowest BCUT2D eigenvalue weighted by molar-refractivity contribution is 0.318. The number of para-hydroxylation sites is 1. The lowest BCUT2D eigenvalue weighted by Crippen LogP contribution is -2.15. The van der Waals surface area contributed by atoms with E-state index in [9.17, 15) is 0 Å². The van der Waals surface area contributed by atoms with Gasteiger partial charge in [-0.25, -0.2) is 0 Å². The lowest BCUT2D eigenvalue weighted by Gasteiger charge is -2.12. The molecular weight excluding hydrogens is 272 g/mol. The molecule has 3 heteroatoms. The van der Waals surface area contributed by atoms with E-state index in [-0.39, 0.29) is 0 Å². The van der Waals surface area contributed by atoms with Crippen LogP contribution in [0.2, 0.25) is 0 Å². The van der Waals surface area contributed by atoms with E-state index in [2.05, 4.69) is 44.3 Å². The standard InChI is InChI=1S/C19H26N2O/c1-4-12-20-14-16-10-11-18(21-15(16)3)17-8-6-7-9-19(17)22-13-5-2/h6-11,20H,4-5,12-14H2,1-3H3. The second-order valence-corrected chi connectivity index (χ2v) is 5.46. The molecule has 0 spiro atoms. The lowest BCUT2D eigenvalue weighted by atomic mass is 10.1. The van der Waals surface area contributed by atoms with Gasteiger partial charge in [0.1, 0.15) is 5.75 Å². The second-order valence-electron chi connectivity index (χ2n) is 5.46. The Bertz CT molecular complexity index is 596. The number of ether oxygens (including phenoxy) is 1. The maximum Gasteiger partial charge on any atom is 0.128 e. The van der Waals surface area contributed by atoms with Crippen molar-refractivity contribution in [2.75, 3.05) is 13.2 Å². The third kappa shape index (κ3) is 4.31. The number of rotatable bonds is 8. The molecule has 0 aliphatic carbocycles. The van der Waals surface area contributed by atoms with E-state index in [0.717, 1.165) is 55.2 Å². The van der Waals surface area contributed by atoms with Crippen molar-refractivity contribution in [3.05, 3.63) is 47.7 Å². The zero-order chi connectivity index (χ0) is 15.8. The molecule has 118 valence electrons. The Balaban J connectivity index is 2.21. The Morgan fingerprint density at radius 1 is 1.05 bits per heavy atom. The van der Waals surface area contributed by atoms with Gasteiger partial charge >= 0.3 is 0 Å². The largest absolute Gasteiger partial charge is 0.493 e. The summed E-state index contributed by atoms with van der Waals surface area (Å²) in [7, 11) is 0. The molecule has 0 aliphatic heterocycles. The Morgan fingerprint density at radius 3 is 2.59 bits per heavy atom. The van der Waals surface area contributed by atoms with Crippen molar-refractivity contribution >= 4 is 0 Å². The predicted molar refractivity (Wildman–Crippen MR) is 92.2 cm³/mol. The number of aromatic nitrogens is 1. The summed E-state index contributed by atoms with van der Waals surface area (Å²) >= 11 is 0. The Kier molecular flexibility index (Phi) is 6.41. The maximum absolute atomic E-state index is 5.84. The highest BCUT2D eigenvalue weighted by atomic mass is 16.5. The van der Waals surface area contributed by atoms with Gasteiger partial charge in [0.05, 0.1) is 12.3 Å². The van der Waals surface area contributed by atoms with E-state index in [1.54, 1.807) is 0 Å². The van der Waals surface area contributed by atoms with E-state index in [0.29, 0.717) is 0 Å². The molecule has 0 unspecified atom stereocenters. The Hall–Kier alpha value is -1.87. The average Bonchev–Trinajstić information content (AvgIpc) is 2.55. The number of benzene rings is 1. The number of nitrogens with zero attached hydrogens (tertiary/aromatic N) is 1. The zero-order valence-electron chi connectivity index (χ0n) is 13.9. The Morgan fingerprint density at radius 2 is 1.86 bits per heavy atom. The molecule has 0 amide bonds. The van der Waals surface area contributed by atoms with Crippen LogP contribution in [0.3, 0.4) is 0 Å². The minimum absolute atomic E-state index is 0.731. The molecule has 0 aliphatic rings. The van der Waals surface area contributed by atoms with Gasteiger partial charge in [0.2, 0.25) is 0 Å². The summed E-state index contributed by atoms with van der Waals surface area (Å²) in [6.45, 7) is 9.00. The number of pyridine rings is 1. The van der Waals surface area contributed by atoms with Gasteiger partial charge in [-0.2, -0.15) is 0 Å². The van der Waals surface area contributed by atoms with Gasteiger partial charge in [0.15, 0.2) is 0 Å². The first-order valence-electron chi connectivity index (χ1n) is 8.15. The van der Waals surface area contributed by atoms with E-state index in [4.69, 9.17) is 9.72 Å². The highest BCUT2D eigenvalue weighted by Gasteiger charge is 2.09. The predicted octanol–water partition coefficient (Wildman–Crippen LogP) is 4.35. The van der Waals surface area contributed by atoms with Gasteiger partial charge in [0.25, 0.3) is 0 Å². The molecule has 2 rings (SSSR count). The number of hydrogen-bond donors (Lipinski definition) is 1. The minimum Gasteiger partial charge on any atom is -0.493 e. The molecule has 22 heavy (non-hydrogen) atoms. The summed E-state index contributed by atoms with van der Waals surface area (Å²) < 4.78 is 5.84. The fraction of sp³-hybridized carbons (Fsp3) is 0.421. The summed E-state index contributed by atoms with van der Waals surface area (Å²) in [5, 5.41) is 3.43. The quantitative estimate of drug-likeness (QED) is 0.736. The van der Waals surface area contributed by atoms with Crippen LogP contribution in [0.5, 0.6) is 5.75 Å². The average molecular weight is 298 g/mol. The van der Waals surface area contributed by atoms with Gasteiger partial charge in [-0.1, -0.05) is 32.0 Å². The summed E-state index contributed by atoms with van der Waals surface area (Å²) in [6, 6.07) is 12.4. The Labute approximate surface area is 133 Å². The van der Waals surface area contributed by atoms with Crippen LogP contribution in [0.15, 0.2) is 36.4 Å². The fourth-order valence-corrected chi connectivity index (χ4v) is 2.34. The number of hydrogen-bond acceptors (Lipinski definition) is 3. The summed E-state index contributed by atoms with van der Waals surface area (Å²) in [4.78, 5) is 4.77. The van der Waals surface area contributed by atoms with Crippen molar-refractivity contribution < 1.29 is 4.74 Å². The highest BCUT2D eigenvalue weighted by molar-refractivity contribution is 5.67. The molecule has 1 aromatic carbocycles. The van der Waals surface area contributed by atoms with Gasteiger partial charge in [-0.05, 0) is 50.1 Å². The van der Waals surface area contributed by atoms with Crippen molar-refractivity contribution in [2.24, 2.45) is 0 Å². The maximum atomic E-state index is 5.84. The summed E-state index contributed by atoms with van der Waals surface area (Å²) in [5.41, 5.74) is 4.37. The van der Waals surface area contributed by atoms with Crippen LogP contribution in [-0.4, -0.2) is 18.1 Å². The van der Waals surface area contributed by atoms with Crippen LogP contribution < -0.4 is 10.1 Å². The van der Waals surface area contributed by atoms with Crippen molar-refractivity contribution in [1.82, 2.24) is 10.3 Å². The molecule has 0 saturated carbocycles. The fourth-order valence-electron chi connectivity index (χ4n) is 2.34.